The molecule has 0 aliphatic heterocycles. The van der Waals surface area contributed by atoms with Crippen LogP contribution in [0, 0.1) is 46.3 Å². The van der Waals surface area contributed by atoms with Crippen molar-refractivity contribution in [1.29, 1.82) is 0 Å². The second-order valence-electron chi connectivity index (χ2n) is 18.7. The van der Waals surface area contributed by atoms with Crippen LogP contribution in [0.5, 0.6) is 0 Å². The van der Waals surface area contributed by atoms with E-state index in [1.165, 1.54) is 80.0 Å². The third-order valence-corrected chi connectivity index (χ3v) is 15.2. The molecule has 0 aromatic heterocycles. The normalized spacial score (nSPS) is 30.3. The van der Waals surface area contributed by atoms with Gasteiger partial charge >= 0.3 is 6.09 Å². The van der Waals surface area contributed by atoms with Gasteiger partial charge in [0.25, 0.3) is 0 Å². The Labute approximate surface area is 326 Å². The second kappa shape index (κ2) is 16.9. The van der Waals surface area contributed by atoms with Gasteiger partial charge in [-0.05, 0) is 126 Å². The van der Waals surface area contributed by atoms with E-state index >= 15 is 0 Å². The van der Waals surface area contributed by atoms with E-state index in [1.54, 1.807) is 5.57 Å². The van der Waals surface area contributed by atoms with Crippen LogP contribution in [-0.2, 0) is 14.3 Å². The number of rotatable bonds is 15. The summed E-state index contributed by atoms with van der Waals surface area (Å²) in [7, 11) is 0. The van der Waals surface area contributed by atoms with Gasteiger partial charge in [-0.1, -0.05) is 114 Å². The molecule has 54 heavy (non-hydrogen) atoms. The molecule has 3 saturated carbocycles. The van der Waals surface area contributed by atoms with Crippen LogP contribution in [0.3, 0.4) is 0 Å². The minimum Gasteiger partial charge on any atom is -0.449 e. The van der Waals surface area contributed by atoms with E-state index in [2.05, 4.69) is 75.6 Å². The molecule has 294 valence electrons. The molecule has 6 nitrogen and oxygen atoms in total. The van der Waals surface area contributed by atoms with E-state index in [0.717, 1.165) is 54.8 Å². The van der Waals surface area contributed by atoms with Crippen LogP contribution in [0.15, 0.2) is 60.2 Å². The van der Waals surface area contributed by atoms with E-state index in [1.807, 2.05) is 24.3 Å². The SMILES string of the molecule is CC(C)CCC[C@@H](C)[C@H]1CC[C@H]2[C@@H]3CC=C4C[C@@H](OCCCNC(=O)CCNC(=O)OCC5c6ccccc6-c6ccccc65)CC[C@]4(C)[C@H]3CC[C@]12C. The van der Waals surface area contributed by atoms with Gasteiger partial charge < -0.3 is 20.1 Å². The average molecular weight is 737 g/mol. The molecule has 2 amide bonds. The topological polar surface area (TPSA) is 76.7 Å². The summed E-state index contributed by atoms with van der Waals surface area (Å²) in [6, 6.07) is 16.6. The Morgan fingerprint density at radius 2 is 1.57 bits per heavy atom. The van der Waals surface area contributed by atoms with Crippen molar-refractivity contribution in [2.24, 2.45) is 46.3 Å². The lowest BCUT2D eigenvalue weighted by Crippen LogP contribution is -2.51. The molecule has 0 heterocycles. The summed E-state index contributed by atoms with van der Waals surface area (Å²) in [5, 5.41) is 5.75. The average Bonchev–Trinajstić information content (AvgIpc) is 3.68. The number of alkyl carbamates (subject to hydrolysis) is 1. The minimum atomic E-state index is -0.489. The summed E-state index contributed by atoms with van der Waals surface area (Å²) < 4.78 is 12.0. The van der Waals surface area contributed by atoms with Gasteiger partial charge in [-0.15, -0.1) is 0 Å². The van der Waals surface area contributed by atoms with Crippen molar-refractivity contribution in [2.75, 3.05) is 26.3 Å². The van der Waals surface area contributed by atoms with E-state index in [4.69, 9.17) is 9.47 Å². The second-order valence-corrected chi connectivity index (χ2v) is 18.7. The fraction of sp³-hybridized carbons (Fsp3) is 0.667. The molecule has 2 aromatic carbocycles. The van der Waals surface area contributed by atoms with Gasteiger partial charge in [0.05, 0.1) is 6.10 Å². The Hall–Kier alpha value is -3.12. The molecule has 5 aliphatic carbocycles. The Balaban J connectivity index is 0.786. The fourth-order valence-electron chi connectivity index (χ4n) is 12.4. The van der Waals surface area contributed by atoms with Gasteiger partial charge in [0.15, 0.2) is 0 Å². The van der Waals surface area contributed by atoms with Crippen LogP contribution in [0.1, 0.15) is 135 Å². The Bertz CT molecular complexity index is 1600. The van der Waals surface area contributed by atoms with Crippen LogP contribution in [0.2, 0.25) is 0 Å². The fourth-order valence-corrected chi connectivity index (χ4v) is 12.4. The predicted molar refractivity (Wildman–Crippen MR) is 218 cm³/mol. The molecular weight excluding hydrogens is 669 g/mol. The summed E-state index contributed by atoms with van der Waals surface area (Å²) in [5.74, 6) is 5.14. The first-order chi connectivity index (χ1) is 26.1. The molecule has 2 N–H and O–H groups in total. The Morgan fingerprint density at radius 1 is 0.833 bits per heavy atom. The monoisotopic (exact) mass is 737 g/mol. The Kier molecular flexibility index (Phi) is 12.3. The number of nitrogens with one attached hydrogen (secondary N) is 2. The van der Waals surface area contributed by atoms with Gasteiger partial charge in [0, 0.05) is 32.0 Å². The molecule has 8 atom stereocenters. The molecule has 3 fully saturated rings. The van der Waals surface area contributed by atoms with E-state index < -0.39 is 6.09 Å². The summed E-state index contributed by atoms with van der Waals surface area (Å²) in [6.07, 6.45) is 18.2. The number of amides is 2. The van der Waals surface area contributed by atoms with Gasteiger partial charge in [0.2, 0.25) is 5.91 Å². The summed E-state index contributed by atoms with van der Waals surface area (Å²) in [4.78, 5) is 25.0. The third-order valence-electron chi connectivity index (χ3n) is 15.2. The first-order valence-electron chi connectivity index (χ1n) is 21.7. The Morgan fingerprint density at radius 3 is 2.31 bits per heavy atom. The zero-order valence-corrected chi connectivity index (χ0v) is 34.0. The van der Waals surface area contributed by atoms with Crippen LogP contribution in [0.25, 0.3) is 11.1 Å². The molecule has 6 heteroatoms. The number of fused-ring (bicyclic) bond motifs is 8. The number of carbonyl (C=O) groups is 2. The molecule has 5 aliphatic rings. The standard InChI is InChI=1S/C48H68N2O4/c1-32(2)12-10-13-33(3)42-20-21-43-40-19-18-34-30-35(22-25-47(34,4)44(40)23-26-48(42,43)5)53-29-11-27-49-45(51)24-28-50-46(52)54-31-41-38-16-8-6-14-36(38)37-15-7-9-17-39(37)41/h6-9,14-18,32-33,35,40-44H,10-13,19-31H2,1-5H3,(H,49,51)(H,50,52)/t33-,35+,40+,42-,43+,44+,47+,48-/m1/s1. The van der Waals surface area contributed by atoms with Gasteiger partial charge in [-0.25, -0.2) is 4.79 Å². The smallest absolute Gasteiger partial charge is 0.407 e. The predicted octanol–water partition coefficient (Wildman–Crippen LogP) is 10.8. The number of hydrogen-bond donors (Lipinski definition) is 2. The largest absolute Gasteiger partial charge is 0.449 e. The minimum absolute atomic E-state index is 0.0188. The van der Waals surface area contributed by atoms with Crippen molar-refractivity contribution in [3.8, 4) is 11.1 Å². The molecule has 0 unspecified atom stereocenters. The molecule has 0 spiro atoms. The maximum absolute atomic E-state index is 12.5. The van der Waals surface area contributed by atoms with Gasteiger partial charge in [0.1, 0.15) is 6.61 Å². The van der Waals surface area contributed by atoms with E-state index in [-0.39, 0.29) is 37.5 Å². The molecular formula is C48H68N2O4. The lowest BCUT2D eigenvalue weighted by Gasteiger charge is -2.58. The zero-order chi connectivity index (χ0) is 37.9. The van der Waals surface area contributed by atoms with Gasteiger partial charge in [-0.3, -0.25) is 4.79 Å². The van der Waals surface area contributed by atoms with Crippen molar-refractivity contribution in [3.63, 3.8) is 0 Å². The summed E-state index contributed by atoms with van der Waals surface area (Å²) >= 11 is 0. The van der Waals surface area contributed by atoms with Crippen LogP contribution < -0.4 is 10.6 Å². The maximum Gasteiger partial charge on any atom is 0.407 e. The van der Waals surface area contributed by atoms with Crippen molar-refractivity contribution in [1.82, 2.24) is 10.6 Å². The van der Waals surface area contributed by atoms with Crippen molar-refractivity contribution >= 4 is 12.0 Å². The molecule has 0 bridgehead atoms. The first kappa shape index (κ1) is 39.1. The highest BCUT2D eigenvalue weighted by Gasteiger charge is 2.59. The highest BCUT2D eigenvalue weighted by molar-refractivity contribution is 5.79. The molecule has 7 rings (SSSR count). The lowest BCUT2D eigenvalue weighted by atomic mass is 9.47. The summed E-state index contributed by atoms with van der Waals surface area (Å²) in [6.45, 7) is 14.4. The summed E-state index contributed by atoms with van der Waals surface area (Å²) in [5.41, 5.74) is 7.32. The van der Waals surface area contributed by atoms with Crippen molar-refractivity contribution in [2.45, 2.75) is 130 Å². The van der Waals surface area contributed by atoms with Gasteiger partial charge in [-0.2, -0.15) is 0 Å². The highest BCUT2D eigenvalue weighted by Crippen LogP contribution is 2.67. The lowest BCUT2D eigenvalue weighted by molar-refractivity contribution is -0.121. The number of benzene rings is 2. The molecule has 0 saturated heterocycles. The number of allylic oxidation sites excluding steroid dienone is 1. The van der Waals surface area contributed by atoms with Crippen LogP contribution in [-0.4, -0.2) is 44.4 Å². The van der Waals surface area contributed by atoms with E-state index in [0.29, 0.717) is 24.0 Å². The molecule has 0 radical (unpaired) electrons. The zero-order valence-electron chi connectivity index (χ0n) is 34.0. The maximum atomic E-state index is 12.5. The van der Waals surface area contributed by atoms with Crippen molar-refractivity contribution in [3.05, 3.63) is 71.3 Å². The van der Waals surface area contributed by atoms with E-state index in [9.17, 15) is 9.59 Å². The highest BCUT2D eigenvalue weighted by atomic mass is 16.5. The quantitative estimate of drug-likeness (QED) is 0.141. The van der Waals surface area contributed by atoms with Crippen molar-refractivity contribution < 1.29 is 19.1 Å². The third kappa shape index (κ3) is 8.06. The number of carbonyl (C=O) groups excluding carboxylic acids is 2. The first-order valence-corrected chi connectivity index (χ1v) is 21.7. The number of ether oxygens (including phenoxy) is 2. The number of hydrogen-bond acceptors (Lipinski definition) is 4. The van der Waals surface area contributed by atoms with Crippen LogP contribution in [0.4, 0.5) is 4.79 Å². The molecule has 2 aromatic rings. The van der Waals surface area contributed by atoms with Crippen LogP contribution >= 0.6 is 0 Å².